The van der Waals surface area contributed by atoms with Gasteiger partial charge in [-0.2, -0.15) is 0 Å². The number of esters is 1. The van der Waals surface area contributed by atoms with Gasteiger partial charge in [0.25, 0.3) is 0 Å². The van der Waals surface area contributed by atoms with E-state index in [4.69, 9.17) is 0 Å². The molecule has 0 aliphatic carbocycles. The van der Waals surface area contributed by atoms with E-state index in [1.807, 2.05) is 23.6 Å². The second kappa shape index (κ2) is 7.19. The number of aryl methyl sites for hydroxylation is 1. The molecule has 0 saturated heterocycles. The van der Waals surface area contributed by atoms with Crippen LogP contribution in [-0.4, -0.2) is 18.1 Å². The molecule has 1 heterocycles. The summed E-state index contributed by atoms with van der Waals surface area (Å²) in [6, 6.07) is 5.86. The molecule has 1 N–H and O–H groups in total. The number of hydrogen-bond acceptors (Lipinski definition) is 5. The maximum absolute atomic E-state index is 11.1. The maximum Gasteiger partial charge on any atom is 0.305 e. The molecule has 0 bridgehead atoms. The lowest BCUT2D eigenvalue weighted by molar-refractivity contribution is -0.140. The van der Waals surface area contributed by atoms with Gasteiger partial charge in [0.2, 0.25) is 0 Å². The van der Waals surface area contributed by atoms with Gasteiger partial charge in [0, 0.05) is 20.7 Å². The van der Waals surface area contributed by atoms with Crippen LogP contribution in [0.25, 0.3) is 0 Å². The number of rotatable bonds is 5. The fourth-order valence-corrected chi connectivity index (χ4v) is 3.48. The highest BCUT2D eigenvalue weighted by atomic mass is 79.9. The number of aromatic nitrogens is 1. The molecule has 0 radical (unpaired) electrons. The molecular formula is C13H12Br2N2O2S. The van der Waals surface area contributed by atoms with Crippen LogP contribution in [-0.2, 0) is 16.0 Å². The summed E-state index contributed by atoms with van der Waals surface area (Å²) < 4.78 is 6.53. The Labute approximate surface area is 137 Å². The lowest BCUT2D eigenvalue weighted by atomic mass is 10.2. The van der Waals surface area contributed by atoms with Gasteiger partial charge in [0.1, 0.15) is 0 Å². The van der Waals surface area contributed by atoms with Crippen molar-refractivity contribution in [1.82, 2.24) is 4.98 Å². The van der Waals surface area contributed by atoms with Crippen LogP contribution < -0.4 is 5.32 Å². The zero-order chi connectivity index (χ0) is 14.5. The number of carbonyl (C=O) groups is 1. The largest absolute Gasteiger partial charge is 0.469 e. The number of thiazole rings is 1. The molecule has 1 aromatic heterocycles. The zero-order valence-corrected chi connectivity index (χ0v) is 14.6. The first-order valence-electron chi connectivity index (χ1n) is 5.82. The molecule has 1 aromatic carbocycles. The summed E-state index contributed by atoms with van der Waals surface area (Å²) in [4.78, 5) is 15.5. The molecule has 4 nitrogen and oxygen atoms in total. The number of benzene rings is 1. The molecule has 106 valence electrons. The van der Waals surface area contributed by atoms with Gasteiger partial charge in [-0.3, -0.25) is 4.79 Å². The Morgan fingerprint density at radius 1 is 1.40 bits per heavy atom. The number of halogens is 2. The highest BCUT2D eigenvalue weighted by molar-refractivity contribution is 9.11. The van der Waals surface area contributed by atoms with Crippen molar-refractivity contribution < 1.29 is 9.53 Å². The van der Waals surface area contributed by atoms with E-state index >= 15 is 0 Å². The first-order valence-corrected chi connectivity index (χ1v) is 8.29. The van der Waals surface area contributed by atoms with E-state index in [1.54, 1.807) is 0 Å². The van der Waals surface area contributed by atoms with Crippen LogP contribution in [0.3, 0.4) is 0 Å². The van der Waals surface area contributed by atoms with Crippen molar-refractivity contribution in [3.05, 3.63) is 38.2 Å². The van der Waals surface area contributed by atoms with Crippen LogP contribution >= 0.6 is 43.2 Å². The van der Waals surface area contributed by atoms with Gasteiger partial charge in [-0.1, -0.05) is 6.07 Å². The summed E-state index contributed by atoms with van der Waals surface area (Å²) in [5, 5.41) is 5.99. The third-order valence-corrected chi connectivity index (χ3v) is 4.69. The number of carbonyl (C=O) groups excluding carboxylic acids is 1. The standard InChI is InChI=1S/C13H12Br2N2O2S/c1-19-11(18)6-5-8-7-20-13(16-8)17-12-9(14)3-2-4-10(12)15/h2-4,7H,5-6H2,1H3,(H,16,17). The average molecular weight is 420 g/mol. The summed E-state index contributed by atoms with van der Waals surface area (Å²) in [7, 11) is 1.39. The Hall–Kier alpha value is -0.920. The number of nitrogens with zero attached hydrogens (tertiary/aromatic N) is 1. The minimum Gasteiger partial charge on any atom is -0.469 e. The molecule has 0 amide bonds. The monoisotopic (exact) mass is 418 g/mol. The summed E-state index contributed by atoms with van der Waals surface area (Å²) in [5.41, 5.74) is 1.81. The van der Waals surface area contributed by atoms with Gasteiger partial charge in [0.15, 0.2) is 5.13 Å². The third kappa shape index (κ3) is 4.04. The Morgan fingerprint density at radius 3 is 2.75 bits per heavy atom. The van der Waals surface area contributed by atoms with E-state index in [0.29, 0.717) is 12.8 Å². The molecule has 0 spiro atoms. The van der Waals surface area contributed by atoms with Crippen molar-refractivity contribution in [3.8, 4) is 0 Å². The van der Waals surface area contributed by atoms with Crippen LogP contribution in [0.4, 0.5) is 10.8 Å². The number of para-hydroxylation sites is 1. The number of anilines is 2. The molecule has 2 rings (SSSR count). The Kier molecular flexibility index (Phi) is 5.56. The number of hydrogen-bond donors (Lipinski definition) is 1. The van der Waals surface area contributed by atoms with Crippen molar-refractivity contribution >= 4 is 60.0 Å². The van der Waals surface area contributed by atoms with Gasteiger partial charge in [-0.15, -0.1) is 11.3 Å². The number of methoxy groups -OCH3 is 1. The second-order valence-electron chi connectivity index (χ2n) is 3.94. The topological polar surface area (TPSA) is 51.2 Å². The molecule has 0 aliphatic rings. The lowest BCUT2D eigenvalue weighted by Gasteiger charge is -2.07. The summed E-state index contributed by atoms with van der Waals surface area (Å²) in [6.45, 7) is 0. The Morgan fingerprint density at radius 2 is 2.10 bits per heavy atom. The predicted molar refractivity (Wildman–Crippen MR) is 87.6 cm³/mol. The molecule has 0 aliphatic heterocycles. The summed E-state index contributed by atoms with van der Waals surface area (Å²) >= 11 is 8.49. The van der Waals surface area contributed by atoms with Gasteiger partial charge in [-0.05, 0) is 44.0 Å². The zero-order valence-electron chi connectivity index (χ0n) is 10.7. The Bertz CT molecular complexity index is 596. The predicted octanol–water partition coefficient (Wildman–Crippen LogP) is 4.52. The van der Waals surface area contributed by atoms with Gasteiger partial charge < -0.3 is 10.1 Å². The molecule has 0 saturated carbocycles. The lowest BCUT2D eigenvalue weighted by Crippen LogP contribution is -2.02. The minimum atomic E-state index is -0.221. The first-order chi connectivity index (χ1) is 9.60. The second-order valence-corrected chi connectivity index (χ2v) is 6.51. The fraction of sp³-hybridized carbons (Fsp3) is 0.231. The number of nitrogens with one attached hydrogen (secondary N) is 1. The van der Waals surface area contributed by atoms with E-state index in [-0.39, 0.29) is 5.97 Å². The SMILES string of the molecule is COC(=O)CCc1csc(Nc2c(Br)cccc2Br)n1. The smallest absolute Gasteiger partial charge is 0.305 e. The van der Waals surface area contributed by atoms with Gasteiger partial charge in [-0.25, -0.2) is 4.98 Å². The van der Waals surface area contributed by atoms with Gasteiger partial charge in [0.05, 0.1) is 24.9 Å². The third-order valence-electron chi connectivity index (χ3n) is 2.56. The van der Waals surface area contributed by atoms with E-state index in [9.17, 15) is 4.79 Å². The molecule has 0 fully saturated rings. The molecule has 20 heavy (non-hydrogen) atoms. The van der Waals surface area contributed by atoms with Crippen molar-refractivity contribution in [2.75, 3.05) is 12.4 Å². The molecule has 0 unspecified atom stereocenters. The fourth-order valence-electron chi connectivity index (χ4n) is 1.54. The maximum atomic E-state index is 11.1. The number of ether oxygens (including phenoxy) is 1. The van der Waals surface area contributed by atoms with Crippen LogP contribution in [0, 0.1) is 0 Å². The van der Waals surface area contributed by atoms with E-state index in [0.717, 1.165) is 25.5 Å². The normalized spacial score (nSPS) is 10.3. The van der Waals surface area contributed by atoms with Crippen LogP contribution in [0.15, 0.2) is 32.5 Å². The molecular weight excluding hydrogens is 408 g/mol. The van der Waals surface area contributed by atoms with Crippen LogP contribution in [0.2, 0.25) is 0 Å². The molecule has 7 heteroatoms. The Balaban J connectivity index is 2.04. The molecule has 2 aromatic rings. The summed E-state index contributed by atoms with van der Waals surface area (Å²) in [5.74, 6) is -0.221. The van der Waals surface area contributed by atoms with E-state index < -0.39 is 0 Å². The summed E-state index contributed by atoms with van der Waals surface area (Å²) in [6.07, 6.45) is 0.931. The average Bonchev–Trinajstić information content (AvgIpc) is 2.88. The van der Waals surface area contributed by atoms with Gasteiger partial charge >= 0.3 is 5.97 Å². The quantitative estimate of drug-likeness (QED) is 0.724. The van der Waals surface area contributed by atoms with Crippen molar-refractivity contribution in [3.63, 3.8) is 0 Å². The van der Waals surface area contributed by atoms with Crippen LogP contribution in [0.1, 0.15) is 12.1 Å². The highest BCUT2D eigenvalue weighted by Gasteiger charge is 2.09. The van der Waals surface area contributed by atoms with Crippen LogP contribution in [0.5, 0.6) is 0 Å². The van der Waals surface area contributed by atoms with E-state index in [1.165, 1.54) is 18.4 Å². The first kappa shape index (κ1) is 15.5. The van der Waals surface area contributed by atoms with Crippen molar-refractivity contribution in [2.45, 2.75) is 12.8 Å². The minimum absolute atomic E-state index is 0.221. The van der Waals surface area contributed by atoms with E-state index in [2.05, 4.69) is 46.9 Å². The van der Waals surface area contributed by atoms with Crippen molar-refractivity contribution in [2.24, 2.45) is 0 Å². The highest BCUT2D eigenvalue weighted by Crippen LogP contribution is 2.34. The molecule has 0 atom stereocenters. The van der Waals surface area contributed by atoms with Crippen molar-refractivity contribution in [1.29, 1.82) is 0 Å².